The summed E-state index contributed by atoms with van der Waals surface area (Å²) in [7, 11) is 4.01. The topological polar surface area (TPSA) is 44.6 Å². The van der Waals surface area contributed by atoms with Crippen LogP contribution in [0.4, 0.5) is 13.9 Å². The van der Waals surface area contributed by atoms with Crippen LogP contribution in [0.25, 0.3) is 0 Å². The van der Waals surface area contributed by atoms with E-state index in [4.69, 9.17) is 5.10 Å². The summed E-state index contributed by atoms with van der Waals surface area (Å²) in [4.78, 5) is 1.43. The van der Waals surface area contributed by atoms with Gasteiger partial charge in [0, 0.05) is 12.1 Å². The van der Waals surface area contributed by atoms with Crippen LogP contribution < -0.4 is 5.01 Å². The number of aromatic nitrogens is 2. The predicted octanol–water partition coefficient (Wildman–Crippen LogP) is 4.84. The van der Waals surface area contributed by atoms with Gasteiger partial charge in [-0.05, 0) is 51.2 Å². The molecule has 1 atom stereocenters. The Morgan fingerprint density at radius 2 is 1.83 bits per heavy atom. The summed E-state index contributed by atoms with van der Waals surface area (Å²) in [5.41, 5.74) is 1.16. The summed E-state index contributed by atoms with van der Waals surface area (Å²) in [6.45, 7) is 2.65. The highest BCUT2D eigenvalue weighted by molar-refractivity contribution is 8.15. The second-order valence-electron chi connectivity index (χ2n) is 7.25. The van der Waals surface area contributed by atoms with Gasteiger partial charge >= 0.3 is 0 Å². The number of nitrogens with zero attached hydrogens (tertiary/aromatic N) is 5. The van der Waals surface area contributed by atoms with Crippen molar-refractivity contribution in [2.45, 2.75) is 18.2 Å². The molecule has 0 saturated carbocycles. The van der Waals surface area contributed by atoms with E-state index in [0.717, 1.165) is 29.2 Å². The van der Waals surface area contributed by atoms with Gasteiger partial charge in [-0.15, -0.1) is 10.2 Å². The maximum Gasteiger partial charge on any atom is 0.230 e. The molecule has 0 saturated heterocycles. The number of benzene rings is 2. The minimum atomic E-state index is -0.661. The molecule has 3 aromatic rings. The Bertz CT molecular complexity index is 1070. The number of anilines is 1. The van der Waals surface area contributed by atoms with Crippen molar-refractivity contribution in [3.63, 3.8) is 0 Å². The van der Waals surface area contributed by atoms with Crippen LogP contribution in [0.1, 0.15) is 22.6 Å². The molecule has 9 heteroatoms. The van der Waals surface area contributed by atoms with Crippen molar-refractivity contribution in [2.24, 2.45) is 5.10 Å². The number of hydrazone groups is 1. The van der Waals surface area contributed by atoms with Crippen molar-refractivity contribution >= 4 is 33.3 Å². The lowest BCUT2D eigenvalue weighted by atomic mass is 10.0. The summed E-state index contributed by atoms with van der Waals surface area (Å²) in [5.74, 6) is -1.01. The lowest BCUT2D eigenvalue weighted by Gasteiger charge is -2.36. The SMILES string of the molecule is Cc1nnc(N2N=C(c3cc(F)ccc3F)SC2(CCN(C)C)c2ccccc2)s1. The number of hydrogen-bond donors (Lipinski definition) is 0. The monoisotopic (exact) mass is 445 g/mol. The van der Waals surface area contributed by atoms with Crippen LogP contribution in [0.3, 0.4) is 0 Å². The van der Waals surface area contributed by atoms with E-state index in [1.54, 1.807) is 0 Å². The molecule has 5 nitrogen and oxygen atoms in total. The van der Waals surface area contributed by atoms with Gasteiger partial charge in [-0.3, -0.25) is 0 Å². The number of thioether (sulfide) groups is 1. The lowest BCUT2D eigenvalue weighted by Crippen LogP contribution is -2.40. The van der Waals surface area contributed by atoms with E-state index in [0.29, 0.717) is 16.6 Å². The number of halogens is 2. The van der Waals surface area contributed by atoms with Crippen LogP contribution in [0, 0.1) is 18.6 Å². The number of aryl methyl sites for hydroxylation is 1. The Morgan fingerprint density at radius 3 is 2.50 bits per heavy atom. The molecular weight excluding hydrogens is 424 g/mol. The maximum absolute atomic E-state index is 14.6. The standard InChI is InChI=1S/C21H21F2N5S2/c1-14-24-25-20(29-14)28-21(11-12-27(2)3,15-7-5-4-6-8-15)30-19(26-28)17-13-16(22)9-10-18(17)23/h4-10,13H,11-12H2,1-3H3. The van der Waals surface area contributed by atoms with E-state index in [1.807, 2.05) is 56.4 Å². The maximum atomic E-state index is 14.6. The fourth-order valence-electron chi connectivity index (χ4n) is 3.29. The summed E-state index contributed by atoms with van der Waals surface area (Å²) >= 11 is 2.85. The van der Waals surface area contributed by atoms with Crippen molar-refractivity contribution in [1.29, 1.82) is 0 Å². The third-order valence-electron chi connectivity index (χ3n) is 4.78. The Balaban J connectivity index is 1.88. The van der Waals surface area contributed by atoms with Gasteiger partial charge in [0.25, 0.3) is 0 Å². The van der Waals surface area contributed by atoms with Crippen LogP contribution in [-0.4, -0.2) is 40.8 Å². The zero-order chi connectivity index (χ0) is 21.3. The summed E-state index contributed by atoms with van der Waals surface area (Å²) < 4.78 is 28.5. The molecule has 2 heterocycles. The van der Waals surface area contributed by atoms with Gasteiger partial charge in [0.05, 0.1) is 0 Å². The molecule has 156 valence electrons. The molecule has 30 heavy (non-hydrogen) atoms. The van der Waals surface area contributed by atoms with Crippen LogP contribution in [0.15, 0.2) is 53.6 Å². The van der Waals surface area contributed by atoms with Crippen molar-refractivity contribution in [3.8, 4) is 0 Å². The highest BCUT2D eigenvalue weighted by Gasteiger charge is 2.48. The zero-order valence-corrected chi connectivity index (χ0v) is 18.5. The molecule has 2 aromatic carbocycles. The van der Waals surface area contributed by atoms with E-state index < -0.39 is 16.5 Å². The Labute approximate surface area is 182 Å². The highest BCUT2D eigenvalue weighted by Crippen LogP contribution is 2.52. The largest absolute Gasteiger partial charge is 0.309 e. The van der Waals surface area contributed by atoms with Gasteiger partial charge in [-0.2, -0.15) is 5.10 Å². The average Bonchev–Trinajstić information content (AvgIpc) is 3.33. The molecule has 1 aliphatic rings. The number of hydrogen-bond acceptors (Lipinski definition) is 7. The summed E-state index contributed by atoms with van der Waals surface area (Å²) in [6.07, 6.45) is 0.692. The first-order chi connectivity index (χ1) is 14.4. The molecule has 0 amide bonds. The van der Waals surface area contributed by atoms with Gasteiger partial charge in [-0.25, -0.2) is 13.8 Å². The normalized spacial score (nSPS) is 18.9. The molecule has 0 fully saturated rings. The van der Waals surface area contributed by atoms with E-state index in [-0.39, 0.29) is 5.56 Å². The third kappa shape index (κ3) is 3.97. The quantitative estimate of drug-likeness (QED) is 0.543. The van der Waals surface area contributed by atoms with Gasteiger partial charge in [0.1, 0.15) is 26.6 Å². The van der Waals surface area contributed by atoms with Gasteiger partial charge in [0.2, 0.25) is 5.13 Å². The van der Waals surface area contributed by atoms with E-state index in [1.165, 1.54) is 29.2 Å². The fraction of sp³-hybridized carbons (Fsp3) is 0.286. The molecule has 0 bridgehead atoms. The van der Waals surface area contributed by atoms with E-state index >= 15 is 0 Å². The first kappa shape index (κ1) is 20.9. The highest BCUT2D eigenvalue weighted by atomic mass is 32.2. The molecule has 0 spiro atoms. The van der Waals surface area contributed by atoms with E-state index in [9.17, 15) is 8.78 Å². The predicted molar refractivity (Wildman–Crippen MR) is 119 cm³/mol. The fourth-order valence-corrected chi connectivity index (χ4v) is 5.43. The van der Waals surface area contributed by atoms with Gasteiger partial charge < -0.3 is 4.90 Å². The Morgan fingerprint density at radius 1 is 1.07 bits per heavy atom. The van der Waals surface area contributed by atoms with E-state index in [2.05, 4.69) is 15.1 Å². The molecule has 0 N–H and O–H groups in total. The van der Waals surface area contributed by atoms with Crippen LogP contribution in [0.2, 0.25) is 0 Å². The second-order valence-corrected chi connectivity index (χ2v) is 9.68. The first-order valence-corrected chi connectivity index (χ1v) is 11.1. The Kier molecular flexibility index (Phi) is 5.86. The van der Waals surface area contributed by atoms with Crippen molar-refractivity contribution in [2.75, 3.05) is 25.6 Å². The molecule has 1 aromatic heterocycles. The molecular formula is C21H21F2N5S2. The second kappa shape index (κ2) is 8.41. The van der Waals surface area contributed by atoms with Crippen LogP contribution >= 0.6 is 23.1 Å². The Hall–Kier alpha value is -2.36. The first-order valence-electron chi connectivity index (χ1n) is 9.43. The average molecular weight is 446 g/mol. The third-order valence-corrected chi connectivity index (χ3v) is 7.04. The minimum absolute atomic E-state index is 0.147. The number of rotatable bonds is 6. The van der Waals surface area contributed by atoms with Crippen molar-refractivity contribution < 1.29 is 8.78 Å². The summed E-state index contributed by atoms with van der Waals surface area (Å²) in [5, 5.41) is 16.9. The molecule has 0 aliphatic carbocycles. The smallest absolute Gasteiger partial charge is 0.230 e. The van der Waals surface area contributed by atoms with Gasteiger partial charge in [-0.1, -0.05) is 53.4 Å². The van der Waals surface area contributed by atoms with Gasteiger partial charge in [0.15, 0.2) is 0 Å². The molecule has 1 aliphatic heterocycles. The molecule has 0 radical (unpaired) electrons. The molecule has 1 unspecified atom stereocenters. The minimum Gasteiger partial charge on any atom is -0.309 e. The molecule has 4 rings (SSSR count). The summed E-state index contributed by atoms with van der Waals surface area (Å²) in [6, 6.07) is 13.4. The van der Waals surface area contributed by atoms with Crippen LogP contribution in [0.5, 0.6) is 0 Å². The van der Waals surface area contributed by atoms with Crippen LogP contribution in [-0.2, 0) is 4.87 Å². The zero-order valence-electron chi connectivity index (χ0n) is 16.8. The lowest BCUT2D eigenvalue weighted by molar-refractivity contribution is 0.365. The van der Waals surface area contributed by atoms with Crippen molar-refractivity contribution in [3.05, 3.63) is 76.3 Å². The van der Waals surface area contributed by atoms with Crippen molar-refractivity contribution in [1.82, 2.24) is 15.1 Å².